The number of hydrogen-bond acceptors (Lipinski definition) is 4. The number of benzene rings is 1. The molecule has 0 saturated carbocycles. The van der Waals surface area contributed by atoms with Crippen LogP contribution in [-0.2, 0) is 4.74 Å². The van der Waals surface area contributed by atoms with Crippen molar-refractivity contribution in [3.8, 4) is 11.1 Å². The van der Waals surface area contributed by atoms with Gasteiger partial charge in [-0.2, -0.15) is 0 Å². The first-order valence-electron chi connectivity index (χ1n) is 6.79. The van der Waals surface area contributed by atoms with Gasteiger partial charge in [-0.05, 0) is 18.6 Å². The number of esters is 1. The average Bonchev–Trinajstić information content (AvgIpc) is 2.54. The lowest BCUT2D eigenvalue weighted by Gasteiger charge is -2.13. The Morgan fingerprint density at radius 2 is 1.91 bits per heavy atom. The van der Waals surface area contributed by atoms with E-state index in [4.69, 9.17) is 4.74 Å². The number of methoxy groups -OCH3 is 1. The second-order valence-corrected chi connectivity index (χ2v) is 4.87. The zero-order valence-corrected chi connectivity index (χ0v) is 12.2. The van der Waals surface area contributed by atoms with Crippen molar-refractivity contribution in [3.05, 3.63) is 64.2 Å². The summed E-state index contributed by atoms with van der Waals surface area (Å²) in [5.41, 5.74) is 2.44. The van der Waals surface area contributed by atoms with Gasteiger partial charge in [0.15, 0.2) is 0 Å². The number of hydrogen-bond donors (Lipinski definition) is 1. The largest absolute Gasteiger partial charge is 0.465 e. The van der Waals surface area contributed by atoms with Crippen LogP contribution in [0.3, 0.4) is 0 Å². The van der Waals surface area contributed by atoms with Crippen molar-refractivity contribution in [1.82, 2.24) is 9.97 Å². The van der Waals surface area contributed by atoms with Gasteiger partial charge in [-0.1, -0.05) is 30.3 Å². The summed E-state index contributed by atoms with van der Waals surface area (Å²) in [5.74, 6) is -0.506. The van der Waals surface area contributed by atoms with Gasteiger partial charge in [0, 0.05) is 11.8 Å². The van der Waals surface area contributed by atoms with Crippen LogP contribution < -0.4 is 5.56 Å². The van der Waals surface area contributed by atoms with Crippen LogP contribution in [0.15, 0.2) is 47.4 Å². The van der Waals surface area contributed by atoms with Crippen LogP contribution in [0.1, 0.15) is 16.1 Å². The molecule has 5 nitrogen and oxygen atoms in total. The van der Waals surface area contributed by atoms with Gasteiger partial charge in [0.05, 0.1) is 29.3 Å². The van der Waals surface area contributed by atoms with E-state index in [-0.39, 0.29) is 5.56 Å². The zero-order valence-electron chi connectivity index (χ0n) is 12.2. The number of ether oxygens (including phenoxy) is 1. The van der Waals surface area contributed by atoms with Crippen molar-refractivity contribution in [2.24, 2.45) is 0 Å². The molecule has 0 aliphatic carbocycles. The van der Waals surface area contributed by atoms with Gasteiger partial charge in [-0.15, -0.1) is 0 Å². The number of carbonyl (C=O) groups is 1. The highest BCUT2D eigenvalue weighted by molar-refractivity contribution is 6.07. The Morgan fingerprint density at radius 3 is 2.59 bits per heavy atom. The maximum absolute atomic E-state index is 12.3. The van der Waals surface area contributed by atoms with E-state index in [1.807, 2.05) is 30.3 Å². The zero-order chi connectivity index (χ0) is 15.7. The third kappa shape index (κ3) is 2.16. The van der Waals surface area contributed by atoms with E-state index in [0.29, 0.717) is 27.7 Å². The molecule has 0 fully saturated rings. The molecule has 0 amide bonds. The van der Waals surface area contributed by atoms with Gasteiger partial charge in [-0.25, -0.2) is 4.79 Å². The smallest absolute Gasteiger partial charge is 0.340 e. The van der Waals surface area contributed by atoms with E-state index < -0.39 is 5.97 Å². The highest BCUT2D eigenvalue weighted by atomic mass is 16.5. The molecule has 1 aromatic carbocycles. The molecule has 22 heavy (non-hydrogen) atoms. The molecule has 0 atom stereocenters. The SMILES string of the molecule is COC(=O)c1c(C)nc2cc[nH]c(=O)c2c1-c1ccccc1. The number of fused-ring (bicyclic) bond motifs is 1. The van der Waals surface area contributed by atoms with Gasteiger partial charge in [0.25, 0.3) is 5.56 Å². The van der Waals surface area contributed by atoms with Crippen LogP contribution in [0, 0.1) is 6.92 Å². The topological polar surface area (TPSA) is 72.0 Å². The minimum Gasteiger partial charge on any atom is -0.465 e. The normalized spacial score (nSPS) is 10.6. The molecule has 0 unspecified atom stereocenters. The van der Waals surface area contributed by atoms with Crippen LogP contribution in [0.4, 0.5) is 0 Å². The minimum atomic E-state index is -0.506. The van der Waals surface area contributed by atoms with Crippen molar-refractivity contribution in [2.75, 3.05) is 7.11 Å². The maximum Gasteiger partial charge on any atom is 0.340 e. The summed E-state index contributed by atoms with van der Waals surface area (Å²) in [6, 6.07) is 11.0. The molecule has 0 aliphatic heterocycles. The number of aromatic amines is 1. The first kappa shape index (κ1) is 14.0. The average molecular weight is 294 g/mol. The summed E-state index contributed by atoms with van der Waals surface area (Å²) >= 11 is 0. The summed E-state index contributed by atoms with van der Waals surface area (Å²) in [6.45, 7) is 1.74. The summed E-state index contributed by atoms with van der Waals surface area (Å²) in [6.07, 6.45) is 1.55. The summed E-state index contributed by atoms with van der Waals surface area (Å²) in [7, 11) is 1.32. The number of aryl methyl sites for hydroxylation is 1. The van der Waals surface area contributed by atoms with Crippen LogP contribution in [0.25, 0.3) is 22.0 Å². The number of nitrogens with one attached hydrogen (secondary N) is 1. The monoisotopic (exact) mass is 294 g/mol. The predicted octanol–water partition coefficient (Wildman–Crippen LogP) is 2.69. The van der Waals surface area contributed by atoms with E-state index in [2.05, 4.69) is 9.97 Å². The number of nitrogens with zero attached hydrogens (tertiary/aromatic N) is 1. The van der Waals surface area contributed by atoms with Gasteiger partial charge in [0.1, 0.15) is 0 Å². The van der Waals surface area contributed by atoms with E-state index in [1.54, 1.807) is 19.2 Å². The Bertz CT molecular complexity index is 914. The standard InChI is InChI=1S/C17H14N2O3/c1-10-13(17(21)22-2)14(11-6-4-3-5-7-11)15-12(19-10)8-9-18-16(15)20/h3-9H,1-2H3,(H,18,20). The predicted molar refractivity (Wildman–Crippen MR) is 83.9 cm³/mol. The molecule has 0 saturated heterocycles. The molecule has 0 spiro atoms. The highest BCUT2D eigenvalue weighted by Crippen LogP contribution is 2.31. The van der Waals surface area contributed by atoms with Crippen LogP contribution >= 0.6 is 0 Å². The van der Waals surface area contributed by atoms with Crippen LogP contribution in [-0.4, -0.2) is 23.0 Å². The fraction of sp³-hybridized carbons (Fsp3) is 0.118. The number of rotatable bonds is 2. The van der Waals surface area contributed by atoms with Crippen molar-refractivity contribution < 1.29 is 9.53 Å². The molecular weight excluding hydrogens is 280 g/mol. The maximum atomic E-state index is 12.3. The van der Waals surface area contributed by atoms with Crippen molar-refractivity contribution in [1.29, 1.82) is 0 Å². The Hall–Kier alpha value is -2.95. The Balaban J connectivity index is 2.54. The van der Waals surface area contributed by atoms with Crippen LogP contribution in [0.5, 0.6) is 0 Å². The first-order valence-corrected chi connectivity index (χ1v) is 6.79. The first-order chi connectivity index (χ1) is 10.6. The molecule has 110 valence electrons. The lowest BCUT2D eigenvalue weighted by Crippen LogP contribution is -2.14. The summed E-state index contributed by atoms with van der Waals surface area (Å²) in [4.78, 5) is 31.5. The molecule has 2 heterocycles. The second kappa shape index (κ2) is 5.44. The molecule has 0 radical (unpaired) electrons. The highest BCUT2D eigenvalue weighted by Gasteiger charge is 2.22. The van der Waals surface area contributed by atoms with Crippen molar-refractivity contribution in [3.63, 3.8) is 0 Å². The van der Waals surface area contributed by atoms with E-state index in [0.717, 1.165) is 5.56 Å². The lowest BCUT2D eigenvalue weighted by atomic mass is 9.95. The molecule has 2 aromatic heterocycles. The third-order valence-electron chi connectivity index (χ3n) is 3.54. The second-order valence-electron chi connectivity index (χ2n) is 4.87. The molecule has 1 N–H and O–H groups in total. The summed E-state index contributed by atoms with van der Waals surface area (Å²) < 4.78 is 4.88. The van der Waals surface area contributed by atoms with Crippen LogP contribution in [0.2, 0.25) is 0 Å². The van der Waals surface area contributed by atoms with E-state index in [1.165, 1.54) is 7.11 Å². The lowest BCUT2D eigenvalue weighted by molar-refractivity contribution is 0.0600. The van der Waals surface area contributed by atoms with Gasteiger partial charge < -0.3 is 9.72 Å². The minimum absolute atomic E-state index is 0.283. The molecule has 3 rings (SSSR count). The third-order valence-corrected chi connectivity index (χ3v) is 3.54. The van der Waals surface area contributed by atoms with E-state index >= 15 is 0 Å². The number of pyridine rings is 2. The van der Waals surface area contributed by atoms with Crippen molar-refractivity contribution >= 4 is 16.9 Å². The number of carbonyl (C=O) groups excluding carboxylic acids is 1. The Kier molecular flexibility index (Phi) is 3.47. The van der Waals surface area contributed by atoms with Gasteiger partial charge in [-0.3, -0.25) is 9.78 Å². The van der Waals surface area contributed by atoms with Gasteiger partial charge >= 0.3 is 5.97 Å². The number of H-pyrrole nitrogens is 1. The Morgan fingerprint density at radius 1 is 1.18 bits per heavy atom. The summed E-state index contributed by atoms with van der Waals surface area (Å²) in [5, 5.41) is 0.389. The van der Waals surface area contributed by atoms with Gasteiger partial charge in [0.2, 0.25) is 0 Å². The molecule has 3 aromatic rings. The van der Waals surface area contributed by atoms with E-state index in [9.17, 15) is 9.59 Å². The fourth-order valence-electron chi connectivity index (χ4n) is 2.59. The molecule has 5 heteroatoms. The fourth-order valence-corrected chi connectivity index (χ4v) is 2.59. The van der Waals surface area contributed by atoms with Crippen molar-refractivity contribution in [2.45, 2.75) is 6.92 Å². The molecule has 0 aliphatic rings. The Labute approximate surface area is 126 Å². The quantitative estimate of drug-likeness (QED) is 0.738. The molecular formula is C17H14N2O3. The molecule has 0 bridgehead atoms. The number of aromatic nitrogens is 2.